The van der Waals surface area contributed by atoms with Crippen molar-refractivity contribution in [3.8, 4) is 5.75 Å². The molecule has 5 heteroatoms. The Balaban J connectivity index is 2.52. The number of alkyl halides is 1. The molecule has 0 bridgehead atoms. The largest absolute Gasteiger partial charge is 0.496 e. The lowest BCUT2D eigenvalue weighted by Gasteiger charge is -2.17. The van der Waals surface area contributed by atoms with Gasteiger partial charge in [0.2, 0.25) is 0 Å². The summed E-state index contributed by atoms with van der Waals surface area (Å²) in [6.07, 6.45) is 0. The third kappa shape index (κ3) is 3.11. The molecule has 1 nitrogen and oxygen atoms in total. The first kappa shape index (κ1) is 15.6. The van der Waals surface area contributed by atoms with Crippen LogP contribution in [-0.4, -0.2) is 7.11 Å². The van der Waals surface area contributed by atoms with Crippen LogP contribution in [0.2, 0.25) is 5.02 Å². The van der Waals surface area contributed by atoms with E-state index in [-0.39, 0.29) is 0 Å². The molecule has 2 aromatic rings. The van der Waals surface area contributed by atoms with Crippen molar-refractivity contribution in [2.24, 2.45) is 0 Å². The standard InChI is InChI=1S/C15H12BrCl2FO/c1-8-5-14(20-2)11(7-12(8)16)15(18)10-4-3-9(17)6-13(10)19/h3-7,15H,1-2H3. The van der Waals surface area contributed by atoms with Crippen LogP contribution in [0.5, 0.6) is 5.75 Å². The Hall–Kier alpha value is -0.770. The third-order valence-corrected chi connectivity index (χ3v) is 4.58. The molecule has 106 valence electrons. The second-order valence-electron chi connectivity index (χ2n) is 4.37. The number of benzene rings is 2. The van der Waals surface area contributed by atoms with Crippen LogP contribution >= 0.6 is 39.1 Å². The lowest BCUT2D eigenvalue weighted by Crippen LogP contribution is -2.01. The second-order valence-corrected chi connectivity index (χ2v) is 6.10. The molecule has 0 heterocycles. The summed E-state index contributed by atoms with van der Waals surface area (Å²) in [6, 6.07) is 8.16. The summed E-state index contributed by atoms with van der Waals surface area (Å²) in [4.78, 5) is 0. The lowest BCUT2D eigenvalue weighted by molar-refractivity contribution is 0.409. The SMILES string of the molecule is COc1cc(C)c(Br)cc1C(Cl)c1ccc(Cl)cc1F. The second kappa shape index (κ2) is 6.33. The van der Waals surface area contributed by atoms with Crippen LogP contribution in [0, 0.1) is 12.7 Å². The van der Waals surface area contributed by atoms with Crippen molar-refractivity contribution in [1.29, 1.82) is 0 Å². The van der Waals surface area contributed by atoms with Crippen molar-refractivity contribution in [3.63, 3.8) is 0 Å². The predicted octanol–water partition coefficient (Wildman–Crippen LogP) is 5.89. The average molecular weight is 378 g/mol. The number of aryl methyl sites for hydroxylation is 1. The Bertz CT molecular complexity index is 646. The smallest absolute Gasteiger partial charge is 0.129 e. The molecule has 0 saturated carbocycles. The molecule has 0 saturated heterocycles. The Labute approximate surface area is 135 Å². The van der Waals surface area contributed by atoms with E-state index in [0.29, 0.717) is 21.9 Å². The van der Waals surface area contributed by atoms with E-state index in [0.717, 1.165) is 10.0 Å². The van der Waals surface area contributed by atoms with E-state index in [4.69, 9.17) is 27.9 Å². The summed E-state index contributed by atoms with van der Waals surface area (Å²) in [7, 11) is 1.56. The van der Waals surface area contributed by atoms with Crippen molar-refractivity contribution in [1.82, 2.24) is 0 Å². The molecule has 0 fully saturated rings. The van der Waals surface area contributed by atoms with Gasteiger partial charge in [-0.15, -0.1) is 11.6 Å². The summed E-state index contributed by atoms with van der Waals surface area (Å²) in [5.74, 6) is 0.191. The van der Waals surface area contributed by atoms with Gasteiger partial charge >= 0.3 is 0 Å². The Morgan fingerprint density at radius 1 is 1.20 bits per heavy atom. The lowest BCUT2D eigenvalue weighted by atomic mass is 10.0. The van der Waals surface area contributed by atoms with Gasteiger partial charge in [-0.25, -0.2) is 4.39 Å². The maximum atomic E-state index is 14.0. The van der Waals surface area contributed by atoms with Gasteiger partial charge in [0.25, 0.3) is 0 Å². The van der Waals surface area contributed by atoms with Crippen molar-refractivity contribution in [2.45, 2.75) is 12.3 Å². The quantitative estimate of drug-likeness (QED) is 0.606. The van der Waals surface area contributed by atoms with Crippen LogP contribution in [0.1, 0.15) is 22.1 Å². The molecule has 2 rings (SSSR count). The number of hydrogen-bond acceptors (Lipinski definition) is 1. The van der Waals surface area contributed by atoms with Crippen LogP contribution in [0.25, 0.3) is 0 Å². The Morgan fingerprint density at radius 2 is 1.90 bits per heavy atom. The van der Waals surface area contributed by atoms with Gasteiger partial charge in [-0.05, 0) is 36.8 Å². The van der Waals surface area contributed by atoms with E-state index in [1.165, 1.54) is 6.07 Å². The zero-order valence-corrected chi connectivity index (χ0v) is 14.0. The van der Waals surface area contributed by atoms with Crippen molar-refractivity contribution < 1.29 is 9.13 Å². The summed E-state index contributed by atoms with van der Waals surface area (Å²) in [5, 5.41) is -0.314. The van der Waals surface area contributed by atoms with Crippen LogP contribution in [-0.2, 0) is 0 Å². The molecule has 0 aliphatic carbocycles. The fourth-order valence-corrected chi connectivity index (χ4v) is 2.79. The topological polar surface area (TPSA) is 9.23 Å². The summed E-state index contributed by atoms with van der Waals surface area (Å²) in [6.45, 7) is 1.95. The van der Waals surface area contributed by atoms with Crippen LogP contribution in [0.15, 0.2) is 34.8 Å². The van der Waals surface area contributed by atoms with E-state index in [2.05, 4.69) is 15.9 Å². The van der Waals surface area contributed by atoms with E-state index in [1.54, 1.807) is 19.2 Å². The number of hydrogen-bond donors (Lipinski definition) is 0. The number of methoxy groups -OCH3 is 1. The molecule has 20 heavy (non-hydrogen) atoms. The first-order chi connectivity index (χ1) is 9.43. The highest BCUT2D eigenvalue weighted by Gasteiger charge is 2.20. The molecular formula is C15H12BrCl2FO. The van der Waals surface area contributed by atoms with E-state index in [1.807, 2.05) is 19.1 Å². The molecule has 2 aromatic carbocycles. The van der Waals surface area contributed by atoms with Gasteiger partial charge in [-0.2, -0.15) is 0 Å². The van der Waals surface area contributed by atoms with E-state index >= 15 is 0 Å². The highest BCUT2D eigenvalue weighted by atomic mass is 79.9. The molecule has 0 spiro atoms. The number of ether oxygens (including phenoxy) is 1. The highest BCUT2D eigenvalue weighted by molar-refractivity contribution is 9.10. The molecule has 0 amide bonds. The van der Waals surface area contributed by atoms with Crippen molar-refractivity contribution >= 4 is 39.1 Å². The fraction of sp³-hybridized carbons (Fsp3) is 0.200. The first-order valence-electron chi connectivity index (χ1n) is 5.87. The Morgan fingerprint density at radius 3 is 2.50 bits per heavy atom. The van der Waals surface area contributed by atoms with Gasteiger partial charge in [0.05, 0.1) is 12.5 Å². The van der Waals surface area contributed by atoms with E-state index in [9.17, 15) is 4.39 Å². The first-order valence-corrected chi connectivity index (χ1v) is 7.48. The minimum atomic E-state index is -0.654. The average Bonchev–Trinajstić information content (AvgIpc) is 2.40. The Kier molecular flexibility index (Phi) is 4.95. The van der Waals surface area contributed by atoms with Crippen LogP contribution in [0.3, 0.4) is 0 Å². The molecule has 0 N–H and O–H groups in total. The number of halogens is 4. The molecule has 0 aromatic heterocycles. The van der Waals surface area contributed by atoms with Crippen LogP contribution in [0.4, 0.5) is 4.39 Å². The minimum absolute atomic E-state index is 0.340. The molecule has 1 unspecified atom stereocenters. The number of rotatable bonds is 3. The summed E-state index contributed by atoms with van der Waals surface area (Å²) < 4.78 is 20.2. The van der Waals surface area contributed by atoms with Gasteiger partial charge in [0.1, 0.15) is 11.6 Å². The third-order valence-electron chi connectivity index (χ3n) is 3.02. The van der Waals surface area contributed by atoms with Crippen molar-refractivity contribution in [3.05, 3.63) is 62.3 Å². The monoisotopic (exact) mass is 376 g/mol. The van der Waals surface area contributed by atoms with Gasteiger partial charge < -0.3 is 4.74 Å². The molecule has 0 radical (unpaired) electrons. The van der Waals surface area contributed by atoms with Crippen molar-refractivity contribution in [2.75, 3.05) is 7.11 Å². The zero-order valence-electron chi connectivity index (χ0n) is 10.9. The maximum Gasteiger partial charge on any atom is 0.129 e. The fourth-order valence-electron chi connectivity index (χ4n) is 1.92. The van der Waals surface area contributed by atoms with E-state index < -0.39 is 11.2 Å². The highest BCUT2D eigenvalue weighted by Crippen LogP contribution is 2.39. The van der Waals surface area contributed by atoms with Gasteiger partial charge in [0.15, 0.2) is 0 Å². The maximum absolute atomic E-state index is 14.0. The molecule has 0 aliphatic rings. The predicted molar refractivity (Wildman–Crippen MR) is 84.5 cm³/mol. The molecule has 1 atom stereocenters. The zero-order chi connectivity index (χ0) is 14.9. The summed E-state index contributed by atoms with van der Waals surface area (Å²) in [5.41, 5.74) is 2.09. The van der Waals surface area contributed by atoms with Crippen LogP contribution < -0.4 is 4.74 Å². The normalized spacial score (nSPS) is 12.3. The van der Waals surface area contributed by atoms with Gasteiger partial charge in [-0.1, -0.05) is 33.6 Å². The minimum Gasteiger partial charge on any atom is -0.496 e. The van der Waals surface area contributed by atoms with Gasteiger partial charge in [-0.3, -0.25) is 0 Å². The molecular weight excluding hydrogens is 366 g/mol. The summed E-state index contributed by atoms with van der Waals surface area (Å²) >= 11 is 15.6. The molecule has 0 aliphatic heterocycles. The van der Waals surface area contributed by atoms with Gasteiger partial charge in [0, 0.05) is 20.6 Å².